The minimum atomic E-state index is -0.436. The first-order chi connectivity index (χ1) is 16.9. The first-order valence-electron chi connectivity index (χ1n) is 11.9. The fraction of sp³-hybridized carbons (Fsp3) is 0.385. The molecule has 0 N–H and O–H groups in total. The summed E-state index contributed by atoms with van der Waals surface area (Å²) in [5.74, 6) is 1.77. The maximum Gasteiger partial charge on any atom is 0.158 e. The number of ether oxygens (including phenoxy) is 1. The molecule has 0 amide bonds. The zero-order valence-corrected chi connectivity index (χ0v) is 21.7. The summed E-state index contributed by atoms with van der Waals surface area (Å²) < 4.78 is 25.2. The average molecular weight is 539 g/mol. The van der Waals surface area contributed by atoms with Crippen LogP contribution in [0.25, 0.3) is 11.4 Å². The largest absolute Gasteiger partial charge is 0.484 e. The van der Waals surface area contributed by atoms with Crippen molar-refractivity contribution < 1.29 is 9.13 Å². The second-order valence-corrected chi connectivity index (χ2v) is 10.00. The topological polar surface area (TPSA) is 70.7 Å². The van der Waals surface area contributed by atoms with Gasteiger partial charge in [-0.25, -0.2) is 14.1 Å². The highest BCUT2D eigenvalue weighted by Crippen LogP contribution is 2.34. The Kier molecular flexibility index (Phi) is 6.69. The van der Waals surface area contributed by atoms with Crippen molar-refractivity contribution in [2.45, 2.75) is 52.2 Å². The molecule has 9 heteroatoms. The number of halogens is 2. The van der Waals surface area contributed by atoms with Crippen molar-refractivity contribution >= 4 is 15.9 Å². The van der Waals surface area contributed by atoms with Gasteiger partial charge in [-0.05, 0) is 84.8 Å². The molecule has 1 aliphatic rings. The Morgan fingerprint density at radius 3 is 2.80 bits per heavy atom. The van der Waals surface area contributed by atoms with Crippen LogP contribution in [0, 0.1) is 11.7 Å². The third kappa shape index (κ3) is 5.29. The van der Waals surface area contributed by atoms with Gasteiger partial charge in [-0.1, -0.05) is 6.92 Å². The Morgan fingerprint density at radius 1 is 1.20 bits per heavy atom. The average Bonchev–Trinajstić information content (AvgIpc) is 3.41. The molecular formula is C26H28BrFN6O. The Morgan fingerprint density at radius 2 is 2.03 bits per heavy atom. The van der Waals surface area contributed by atoms with Crippen LogP contribution in [0.15, 0.2) is 47.3 Å². The van der Waals surface area contributed by atoms with Crippen molar-refractivity contribution in [1.82, 2.24) is 29.5 Å². The van der Waals surface area contributed by atoms with Gasteiger partial charge in [0.05, 0.1) is 23.6 Å². The molecule has 3 aromatic heterocycles. The molecule has 1 atom stereocenters. The van der Waals surface area contributed by atoms with Gasteiger partial charge in [0.15, 0.2) is 5.82 Å². The van der Waals surface area contributed by atoms with E-state index in [4.69, 9.17) is 4.74 Å². The van der Waals surface area contributed by atoms with Gasteiger partial charge in [0.25, 0.3) is 0 Å². The third-order valence-electron chi connectivity index (χ3n) is 6.38. The van der Waals surface area contributed by atoms with E-state index in [1.54, 1.807) is 12.3 Å². The van der Waals surface area contributed by atoms with Gasteiger partial charge in [-0.15, -0.1) is 0 Å². The van der Waals surface area contributed by atoms with E-state index in [1.165, 1.54) is 31.3 Å². The van der Waals surface area contributed by atoms with Crippen LogP contribution in [0.4, 0.5) is 4.39 Å². The molecule has 0 spiro atoms. The Balaban J connectivity index is 1.45. The third-order valence-corrected chi connectivity index (χ3v) is 6.81. The fourth-order valence-electron chi connectivity index (χ4n) is 4.32. The molecule has 1 fully saturated rings. The molecule has 0 unspecified atom stereocenters. The molecule has 4 aromatic rings. The molecular weight excluding hydrogens is 511 g/mol. The van der Waals surface area contributed by atoms with Crippen LogP contribution in [0.3, 0.4) is 0 Å². The molecule has 1 aliphatic carbocycles. The van der Waals surface area contributed by atoms with Gasteiger partial charge in [-0.3, -0.25) is 9.67 Å². The molecule has 0 radical (unpaired) electrons. The summed E-state index contributed by atoms with van der Waals surface area (Å²) in [5.41, 5.74) is 4.48. The van der Waals surface area contributed by atoms with Crippen LogP contribution in [0.5, 0.6) is 5.75 Å². The molecule has 35 heavy (non-hydrogen) atoms. The van der Waals surface area contributed by atoms with Crippen LogP contribution < -0.4 is 4.74 Å². The lowest BCUT2D eigenvalue weighted by Gasteiger charge is -2.20. The summed E-state index contributed by atoms with van der Waals surface area (Å²) in [5, 5.41) is 9.15. The summed E-state index contributed by atoms with van der Waals surface area (Å²) in [7, 11) is 1.96. The predicted octanol–water partition coefficient (Wildman–Crippen LogP) is 5.68. The summed E-state index contributed by atoms with van der Waals surface area (Å²) in [4.78, 5) is 8.97. The second-order valence-electron chi connectivity index (χ2n) is 9.08. The molecule has 7 nitrogen and oxygen atoms in total. The van der Waals surface area contributed by atoms with Crippen LogP contribution in [-0.2, 0) is 26.4 Å². The molecule has 0 bridgehead atoms. The van der Waals surface area contributed by atoms with Crippen molar-refractivity contribution in [3.63, 3.8) is 0 Å². The van der Waals surface area contributed by atoms with Crippen molar-refractivity contribution in [3.05, 3.63) is 75.8 Å². The Bertz CT molecular complexity index is 1350. The second kappa shape index (κ2) is 9.89. The monoisotopic (exact) mass is 538 g/mol. The minimum absolute atomic E-state index is 0.329. The summed E-state index contributed by atoms with van der Waals surface area (Å²) in [6.07, 6.45) is 7.19. The summed E-state index contributed by atoms with van der Waals surface area (Å²) in [6.45, 7) is 4.45. The van der Waals surface area contributed by atoms with Gasteiger partial charge in [0, 0.05) is 28.8 Å². The molecule has 1 aromatic carbocycles. The van der Waals surface area contributed by atoms with E-state index in [1.807, 2.05) is 36.3 Å². The van der Waals surface area contributed by atoms with Gasteiger partial charge in [0.2, 0.25) is 0 Å². The Labute approximate surface area is 212 Å². The first kappa shape index (κ1) is 23.7. The maximum atomic E-state index is 14.4. The molecule has 0 aliphatic heterocycles. The van der Waals surface area contributed by atoms with E-state index in [2.05, 4.69) is 42.2 Å². The van der Waals surface area contributed by atoms with Gasteiger partial charge >= 0.3 is 0 Å². The predicted molar refractivity (Wildman–Crippen MR) is 135 cm³/mol. The molecule has 3 heterocycles. The number of nitrogens with zero attached hydrogens (tertiary/aromatic N) is 6. The number of benzene rings is 1. The number of aromatic nitrogens is 6. The quantitative estimate of drug-likeness (QED) is 0.274. The number of aryl methyl sites for hydroxylation is 2. The van der Waals surface area contributed by atoms with Crippen LogP contribution >= 0.6 is 15.9 Å². The van der Waals surface area contributed by atoms with E-state index < -0.39 is 6.10 Å². The van der Waals surface area contributed by atoms with Gasteiger partial charge < -0.3 is 4.74 Å². The zero-order valence-electron chi connectivity index (χ0n) is 20.1. The SMILES string of the molecule is CCc1ncc(Br)cc1O[C@H](C)c1cc(F)ccc1-c1ncnn1Cc1cc(CC2CC2)nn1C. The fourth-order valence-corrected chi connectivity index (χ4v) is 4.63. The Hall–Kier alpha value is -3.07. The van der Waals surface area contributed by atoms with Crippen molar-refractivity contribution in [2.75, 3.05) is 0 Å². The van der Waals surface area contributed by atoms with Crippen LogP contribution in [0.1, 0.15) is 55.4 Å². The lowest BCUT2D eigenvalue weighted by molar-refractivity contribution is 0.223. The maximum absolute atomic E-state index is 14.4. The van der Waals surface area contributed by atoms with Crippen LogP contribution in [0.2, 0.25) is 0 Å². The van der Waals surface area contributed by atoms with Crippen molar-refractivity contribution in [2.24, 2.45) is 13.0 Å². The first-order valence-corrected chi connectivity index (χ1v) is 12.7. The highest BCUT2D eigenvalue weighted by Gasteiger charge is 2.24. The van der Waals surface area contributed by atoms with E-state index in [9.17, 15) is 4.39 Å². The van der Waals surface area contributed by atoms with E-state index >= 15 is 0 Å². The van der Waals surface area contributed by atoms with E-state index in [0.717, 1.165) is 45.9 Å². The smallest absolute Gasteiger partial charge is 0.158 e. The zero-order chi connectivity index (χ0) is 24.5. The number of pyridine rings is 1. The molecule has 1 saturated carbocycles. The summed E-state index contributed by atoms with van der Waals surface area (Å²) in [6, 6.07) is 8.74. The lowest BCUT2D eigenvalue weighted by Crippen LogP contribution is -2.11. The highest BCUT2D eigenvalue weighted by molar-refractivity contribution is 9.10. The lowest BCUT2D eigenvalue weighted by atomic mass is 10.0. The molecule has 182 valence electrons. The number of hydrogen-bond donors (Lipinski definition) is 0. The van der Waals surface area contributed by atoms with Crippen molar-refractivity contribution in [1.29, 1.82) is 0 Å². The number of rotatable bonds is 9. The summed E-state index contributed by atoms with van der Waals surface area (Å²) >= 11 is 3.46. The van der Waals surface area contributed by atoms with E-state index in [0.29, 0.717) is 23.7 Å². The van der Waals surface area contributed by atoms with Gasteiger partial charge in [0.1, 0.15) is 24.0 Å². The van der Waals surface area contributed by atoms with Crippen molar-refractivity contribution in [3.8, 4) is 17.1 Å². The standard InChI is InChI=1S/C26H28BrFN6O/c1-4-24-25(10-18(27)13-29-24)35-16(2)23-11-19(28)7-8-22(23)26-30-15-31-34(26)14-21-12-20(32-33(21)3)9-17-5-6-17/h7-8,10-13,15-17H,4-6,9,14H2,1-3H3/t16-/m1/s1. The molecule has 5 rings (SSSR count). The molecule has 0 saturated heterocycles. The van der Waals surface area contributed by atoms with Gasteiger partial charge in [-0.2, -0.15) is 10.2 Å². The highest BCUT2D eigenvalue weighted by atomic mass is 79.9. The minimum Gasteiger partial charge on any atom is -0.484 e. The van der Waals surface area contributed by atoms with E-state index in [-0.39, 0.29) is 5.82 Å². The van der Waals surface area contributed by atoms with Crippen LogP contribution in [-0.4, -0.2) is 29.5 Å². The number of hydrogen-bond acceptors (Lipinski definition) is 5. The normalized spacial score (nSPS) is 14.3.